The Morgan fingerprint density at radius 2 is 1.86 bits per heavy atom. The van der Waals surface area contributed by atoms with Crippen LogP contribution in [0.5, 0.6) is 5.75 Å². The van der Waals surface area contributed by atoms with Crippen LogP contribution in [0.25, 0.3) is 10.2 Å². The lowest BCUT2D eigenvalue weighted by molar-refractivity contribution is -0.0494. The second-order valence-corrected chi connectivity index (χ2v) is 10.2. The number of hydrogen-bond acceptors (Lipinski definition) is 8. The molecule has 0 bridgehead atoms. The first kappa shape index (κ1) is 27.9. The van der Waals surface area contributed by atoms with Crippen LogP contribution in [0, 0.1) is 6.92 Å². The first-order valence-electron chi connectivity index (χ1n) is 11.6. The normalized spacial score (nSPS) is 11.4. The van der Waals surface area contributed by atoms with E-state index in [2.05, 4.69) is 25.7 Å². The molecule has 0 unspecified atom stereocenters. The minimum Gasteiger partial charge on any atom is -0.444 e. The van der Waals surface area contributed by atoms with Gasteiger partial charge in [0.15, 0.2) is 0 Å². The second kappa shape index (κ2) is 12.0. The fourth-order valence-corrected chi connectivity index (χ4v) is 4.45. The van der Waals surface area contributed by atoms with Gasteiger partial charge in [0.1, 0.15) is 21.1 Å². The van der Waals surface area contributed by atoms with Crippen LogP contribution in [0.4, 0.5) is 25.0 Å². The van der Waals surface area contributed by atoms with Gasteiger partial charge in [-0.1, -0.05) is 6.07 Å². The first-order valence-corrected chi connectivity index (χ1v) is 12.5. The third-order valence-electron chi connectivity index (χ3n) is 5.01. The number of nitrogens with two attached hydrogens (primary N) is 1. The zero-order valence-corrected chi connectivity index (χ0v) is 21.9. The maximum Gasteiger partial charge on any atom is 0.407 e. The maximum atomic E-state index is 13.0. The van der Waals surface area contributed by atoms with Crippen molar-refractivity contribution in [2.24, 2.45) is 0 Å². The monoisotopic (exact) mass is 535 g/mol. The van der Waals surface area contributed by atoms with Gasteiger partial charge < -0.3 is 31.2 Å². The standard InChI is InChI=1S/C25H31F2N5O4S/c1-14-5-7-16-19(28)20(37-22(16)32-14)21(33)30-10-9-15-6-8-17(18(13-15)35-23(26)27)29-11-12-31-24(34)36-25(2,3)4/h5-8,13,23,29H,9-12,28H2,1-4H3,(H,30,33)(H,31,34). The van der Waals surface area contributed by atoms with Crippen LogP contribution in [-0.2, 0) is 11.2 Å². The Morgan fingerprint density at radius 3 is 2.57 bits per heavy atom. The van der Waals surface area contributed by atoms with Crippen molar-refractivity contribution in [1.29, 1.82) is 0 Å². The Bertz CT molecular complexity index is 1260. The number of hydrogen-bond donors (Lipinski definition) is 4. The van der Waals surface area contributed by atoms with Crippen molar-refractivity contribution >= 4 is 44.9 Å². The number of thiophene rings is 1. The van der Waals surface area contributed by atoms with E-state index >= 15 is 0 Å². The Balaban J connectivity index is 1.56. The highest BCUT2D eigenvalue weighted by molar-refractivity contribution is 7.21. The number of aromatic nitrogens is 1. The fourth-order valence-electron chi connectivity index (χ4n) is 3.40. The van der Waals surface area contributed by atoms with E-state index in [1.165, 1.54) is 17.4 Å². The summed E-state index contributed by atoms with van der Waals surface area (Å²) in [5.74, 6) is -0.357. The van der Waals surface area contributed by atoms with Crippen molar-refractivity contribution in [1.82, 2.24) is 15.6 Å². The summed E-state index contributed by atoms with van der Waals surface area (Å²) >= 11 is 1.22. The number of pyridine rings is 1. The highest BCUT2D eigenvalue weighted by atomic mass is 32.1. The molecule has 37 heavy (non-hydrogen) atoms. The SMILES string of the molecule is Cc1ccc2c(N)c(C(=O)NCCc3ccc(NCCNC(=O)OC(C)(C)C)c(OC(F)F)c3)sc2n1. The lowest BCUT2D eigenvalue weighted by atomic mass is 10.1. The molecule has 0 aliphatic rings. The molecule has 1 aromatic carbocycles. The van der Waals surface area contributed by atoms with Gasteiger partial charge in [0, 0.05) is 30.7 Å². The molecular formula is C25H31F2N5O4S. The largest absolute Gasteiger partial charge is 0.444 e. The molecule has 3 aromatic rings. The molecule has 0 saturated heterocycles. The molecule has 0 saturated carbocycles. The topological polar surface area (TPSA) is 128 Å². The predicted octanol–water partition coefficient (Wildman–Crippen LogP) is 4.70. The van der Waals surface area contributed by atoms with E-state index in [1.54, 1.807) is 32.9 Å². The van der Waals surface area contributed by atoms with Crippen LogP contribution in [0.15, 0.2) is 30.3 Å². The number of carbonyl (C=O) groups excluding carboxylic acids is 2. The molecule has 0 fully saturated rings. The number of alkyl carbamates (subject to hydrolysis) is 1. The van der Waals surface area contributed by atoms with Gasteiger partial charge in [-0.2, -0.15) is 8.78 Å². The van der Waals surface area contributed by atoms with Crippen molar-refractivity contribution in [2.75, 3.05) is 30.7 Å². The maximum absolute atomic E-state index is 13.0. The van der Waals surface area contributed by atoms with E-state index in [-0.39, 0.29) is 31.3 Å². The number of anilines is 2. The highest BCUT2D eigenvalue weighted by Gasteiger charge is 2.18. The lowest BCUT2D eigenvalue weighted by Crippen LogP contribution is -2.35. The number of nitrogens with one attached hydrogen (secondary N) is 3. The summed E-state index contributed by atoms with van der Waals surface area (Å²) in [4.78, 5) is 29.9. The smallest absolute Gasteiger partial charge is 0.407 e. The molecule has 200 valence electrons. The van der Waals surface area contributed by atoms with Crippen LogP contribution in [-0.4, -0.2) is 48.8 Å². The quantitative estimate of drug-likeness (QED) is 0.277. The zero-order valence-electron chi connectivity index (χ0n) is 21.1. The number of nitrogens with zero attached hydrogens (tertiary/aromatic N) is 1. The van der Waals surface area contributed by atoms with Crippen molar-refractivity contribution in [2.45, 2.75) is 46.3 Å². The summed E-state index contributed by atoms with van der Waals surface area (Å²) in [5, 5.41) is 9.10. The zero-order chi connectivity index (χ0) is 27.2. The molecule has 0 aliphatic heterocycles. The minimum atomic E-state index is -3.01. The van der Waals surface area contributed by atoms with Gasteiger partial charge >= 0.3 is 12.7 Å². The van der Waals surface area contributed by atoms with E-state index < -0.39 is 18.3 Å². The molecular weight excluding hydrogens is 504 g/mol. The minimum absolute atomic E-state index is 0.0358. The van der Waals surface area contributed by atoms with Crippen LogP contribution in [0.2, 0.25) is 0 Å². The number of nitrogen functional groups attached to an aromatic ring is 1. The van der Waals surface area contributed by atoms with Gasteiger partial charge in [0.2, 0.25) is 0 Å². The predicted molar refractivity (Wildman–Crippen MR) is 141 cm³/mol. The van der Waals surface area contributed by atoms with E-state index in [0.717, 1.165) is 11.1 Å². The van der Waals surface area contributed by atoms with Gasteiger partial charge in [0.25, 0.3) is 5.91 Å². The fraction of sp³-hybridized carbons (Fsp3) is 0.400. The van der Waals surface area contributed by atoms with E-state index in [0.29, 0.717) is 33.1 Å². The van der Waals surface area contributed by atoms with Crippen LogP contribution in [0.3, 0.4) is 0 Å². The summed E-state index contributed by atoms with van der Waals surface area (Å²) in [6, 6.07) is 8.52. The highest BCUT2D eigenvalue weighted by Crippen LogP contribution is 2.32. The van der Waals surface area contributed by atoms with Gasteiger partial charge in [0.05, 0.1) is 11.4 Å². The van der Waals surface area contributed by atoms with Crippen molar-refractivity contribution in [3.8, 4) is 5.75 Å². The summed E-state index contributed by atoms with van der Waals surface area (Å²) in [5.41, 5.74) is 7.77. The molecule has 3 rings (SSSR count). The summed E-state index contributed by atoms with van der Waals surface area (Å²) in [7, 11) is 0. The Labute approximate surface area is 217 Å². The molecule has 12 heteroatoms. The lowest BCUT2D eigenvalue weighted by Gasteiger charge is -2.20. The number of ether oxygens (including phenoxy) is 2. The molecule has 2 aromatic heterocycles. The van der Waals surface area contributed by atoms with E-state index in [9.17, 15) is 18.4 Å². The van der Waals surface area contributed by atoms with Crippen molar-refractivity contribution < 1.29 is 27.8 Å². The number of alkyl halides is 2. The van der Waals surface area contributed by atoms with Crippen molar-refractivity contribution in [3.63, 3.8) is 0 Å². The third-order valence-corrected chi connectivity index (χ3v) is 6.12. The van der Waals surface area contributed by atoms with Crippen LogP contribution >= 0.6 is 11.3 Å². The second-order valence-electron chi connectivity index (χ2n) is 9.22. The average molecular weight is 536 g/mol. The van der Waals surface area contributed by atoms with Gasteiger partial charge in [-0.15, -0.1) is 11.3 Å². The molecule has 0 atom stereocenters. The average Bonchev–Trinajstić information content (AvgIpc) is 3.11. The molecule has 0 radical (unpaired) electrons. The number of fused-ring (bicyclic) bond motifs is 1. The summed E-state index contributed by atoms with van der Waals surface area (Å²) < 4.78 is 35.8. The number of aryl methyl sites for hydroxylation is 1. The van der Waals surface area contributed by atoms with Gasteiger partial charge in [-0.25, -0.2) is 9.78 Å². The van der Waals surface area contributed by atoms with E-state index in [1.807, 2.05) is 19.1 Å². The van der Waals surface area contributed by atoms with Crippen molar-refractivity contribution in [3.05, 3.63) is 46.5 Å². The molecule has 2 heterocycles. The Hall–Kier alpha value is -3.67. The molecule has 5 N–H and O–H groups in total. The number of benzene rings is 1. The van der Waals surface area contributed by atoms with Gasteiger partial charge in [-0.3, -0.25) is 4.79 Å². The molecule has 2 amide bonds. The van der Waals surface area contributed by atoms with Gasteiger partial charge in [-0.05, 0) is 63.9 Å². The van der Waals surface area contributed by atoms with Crippen LogP contribution < -0.4 is 26.4 Å². The summed E-state index contributed by atoms with van der Waals surface area (Å²) in [6.07, 6.45) is -0.187. The third kappa shape index (κ3) is 8.17. The number of rotatable bonds is 10. The Kier molecular flexibility index (Phi) is 9.09. The molecule has 9 nitrogen and oxygen atoms in total. The number of amides is 2. The molecule has 0 aliphatic carbocycles. The Morgan fingerprint density at radius 1 is 1.11 bits per heavy atom. The molecule has 0 spiro atoms. The summed E-state index contributed by atoms with van der Waals surface area (Å²) in [6.45, 7) is 4.86. The van der Waals surface area contributed by atoms with E-state index in [4.69, 9.17) is 10.5 Å². The number of carbonyl (C=O) groups is 2. The first-order chi connectivity index (χ1) is 17.4. The number of halogens is 2. The van der Waals surface area contributed by atoms with Crippen LogP contribution in [0.1, 0.15) is 41.7 Å².